The quantitative estimate of drug-likeness (QED) is 0.905. The van der Waals surface area contributed by atoms with Gasteiger partial charge in [-0.2, -0.15) is 5.10 Å². The number of benzene rings is 1. The van der Waals surface area contributed by atoms with Crippen molar-refractivity contribution in [2.24, 2.45) is 0 Å². The van der Waals surface area contributed by atoms with Gasteiger partial charge in [0.25, 0.3) is 5.91 Å². The van der Waals surface area contributed by atoms with E-state index in [1.165, 1.54) is 0 Å². The standard InChI is InChI=1S/C18H23ClN4O/c1-3-10-22(16-8-9-20-11-16)18(24)17-12-23(21-13(17)2)15-6-4-14(19)5-7-15/h4-7,12,16,20H,3,8-11H2,1-2H3. The molecule has 0 radical (unpaired) electrons. The van der Waals surface area contributed by atoms with E-state index in [0.29, 0.717) is 10.6 Å². The number of aromatic nitrogens is 2. The molecule has 1 aliphatic heterocycles. The van der Waals surface area contributed by atoms with Crippen LogP contribution in [0, 0.1) is 6.92 Å². The van der Waals surface area contributed by atoms with Crippen LogP contribution in [0.5, 0.6) is 0 Å². The number of carbonyl (C=O) groups excluding carboxylic acids is 1. The fourth-order valence-corrected chi connectivity index (χ4v) is 3.27. The topological polar surface area (TPSA) is 50.2 Å². The molecule has 6 heteroatoms. The van der Waals surface area contributed by atoms with Crippen molar-refractivity contribution in [1.82, 2.24) is 20.0 Å². The molecule has 2 heterocycles. The molecule has 1 aliphatic rings. The van der Waals surface area contributed by atoms with Gasteiger partial charge in [-0.1, -0.05) is 18.5 Å². The molecule has 1 aromatic carbocycles. The molecule has 0 saturated carbocycles. The van der Waals surface area contributed by atoms with Crippen molar-refractivity contribution in [3.8, 4) is 5.69 Å². The summed E-state index contributed by atoms with van der Waals surface area (Å²) in [5.41, 5.74) is 2.32. The summed E-state index contributed by atoms with van der Waals surface area (Å²) in [7, 11) is 0. The summed E-state index contributed by atoms with van der Waals surface area (Å²) in [6.45, 7) is 6.61. The number of halogens is 1. The Morgan fingerprint density at radius 2 is 2.17 bits per heavy atom. The molecular formula is C18H23ClN4O. The fraction of sp³-hybridized carbons (Fsp3) is 0.444. The number of carbonyl (C=O) groups is 1. The number of rotatable bonds is 5. The molecule has 1 amide bonds. The zero-order valence-corrected chi connectivity index (χ0v) is 14.9. The third kappa shape index (κ3) is 3.47. The van der Waals surface area contributed by atoms with Gasteiger partial charge in [0.15, 0.2) is 0 Å². The van der Waals surface area contributed by atoms with Crippen LogP contribution < -0.4 is 5.32 Å². The monoisotopic (exact) mass is 346 g/mol. The van der Waals surface area contributed by atoms with Gasteiger partial charge in [-0.15, -0.1) is 0 Å². The molecule has 1 N–H and O–H groups in total. The zero-order valence-electron chi connectivity index (χ0n) is 14.1. The van der Waals surface area contributed by atoms with Crippen molar-refractivity contribution in [3.05, 3.63) is 46.7 Å². The smallest absolute Gasteiger partial charge is 0.257 e. The average Bonchev–Trinajstić information content (AvgIpc) is 3.22. The summed E-state index contributed by atoms with van der Waals surface area (Å²) in [5.74, 6) is 0.0725. The Balaban J connectivity index is 1.87. The first kappa shape index (κ1) is 17.0. The summed E-state index contributed by atoms with van der Waals surface area (Å²) < 4.78 is 1.75. The first-order valence-corrected chi connectivity index (χ1v) is 8.82. The van der Waals surface area contributed by atoms with Crippen LogP contribution in [0.15, 0.2) is 30.5 Å². The number of nitrogens with one attached hydrogen (secondary N) is 1. The Bertz CT molecular complexity index is 704. The molecule has 2 aromatic rings. The summed E-state index contributed by atoms with van der Waals surface area (Å²) in [5, 5.41) is 8.53. The molecule has 0 aliphatic carbocycles. The number of hydrogen-bond donors (Lipinski definition) is 1. The normalized spacial score (nSPS) is 17.2. The lowest BCUT2D eigenvalue weighted by molar-refractivity contribution is 0.0691. The van der Waals surface area contributed by atoms with Gasteiger partial charge in [-0.05, 0) is 50.6 Å². The highest BCUT2D eigenvalue weighted by Gasteiger charge is 2.28. The van der Waals surface area contributed by atoms with Crippen LogP contribution in [0.1, 0.15) is 35.8 Å². The molecule has 1 atom stereocenters. The lowest BCUT2D eigenvalue weighted by atomic mass is 10.1. The minimum absolute atomic E-state index is 0.0725. The number of amides is 1. The van der Waals surface area contributed by atoms with Crippen LogP contribution >= 0.6 is 11.6 Å². The van der Waals surface area contributed by atoms with Crippen LogP contribution in [0.3, 0.4) is 0 Å². The molecule has 1 saturated heterocycles. The highest BCUT2D eigenvalue weighted by atomic mass is 35.5. The van der Waals surface area contributed by atoms with E-state index in [2.05, 4.69) is 17.3 Å². The Hall–Kier alpha value is -1.85. The SMILES string of the molecule is CCCN(C(=O)c1cn(-c2ccc(Cl)cc2)nc1C)C1CCNC1. The third-order valence-electron chi connectivity index (χ3n) is 4.42. The van der Waals surface area contributed by atoms with Crippen LogP contribution in [0.4, 0.5) is 0 Å². The highest BCUT2D eigenvalue weighted by molar-refractivity contribution is 6.30. The van der Waals surface area contributed by atoms with Gasteiger partial charge in [-0.25, -0.2) is 4.68 Å². The van der Waals surface area contributed by atoms with Crippen LogP contribution in [-0.2, 0) is 0 Å². The average molecular weight is 347 g/mol. The van der Waals surface area contributed by atoms with Crippen molar-refractivity contribution in [1.29, 1.82) is 0 Å². The van der Waals surface area contributed by atoms with Gasteiger partial charge in [0.2, 0.25) is 0 Å². The minimum Gasteiger partial charge on any atom is -0.334 e. The molecule has 5 nitrogen and oxygen atoms in total. The van der Waals surface area contributed by atoms with Gasteiger partial charge < -0.3 is 10.2 Å². The van der Waals surface area contributed by atoms with E-state index in [1.807, 2.05) is 42.3 Å². The van der Waals surface area contributed by atoms with Gasteiger partial charge >= 0.3 is 0 Å². The summed E-state index contributed by atoms with van der Waals surface area (Å²) >= 11 is 5.94. The minimum atomic E-state index is 0.0725. The summed E-state index contributed by atoms with van der Waals surface area (Å²) in [6.07, 6.45) is 3.79. The molecule has 128 valence electrons. The third-order valence-corrected chi connectivity index (χ3v) is 4.67. The molecule has 0 spiro atoms. The predicted octanol–water partition coefficient (Wildman–Crippen LogP) is 3.05. The maximum atomic E-state index is 13.1. The number of nitrogens with zero attached hydrogens (tertiary/aromatic N) is 3. The molecule has 1 fully saturated rings. The van der Waals surface area contributed by atoms with E-state index in [9.17, 15) is 4.79 Å². The van der Waals surface area contributed by atoms with Crippen molar-refractivity contribution >= 4 is 17.5 Å². The van der Waals surface area contributed by atoms with E-state index in [-0.39, 0.29) is 11.9 Å². The second-order valence-electron chi connectivity index (χ2n) is 6.19. The van der Waals surface area contributed by atoms with Gasteiger partial charge in [0, 0.05) is 30.4 Å². The Morgan fingerprint density at radius 1 is 1.42 bits per heavy atom. The van der Waals surface area contributed by atoms with Crippen molar-refractivity contribution in [2.75, 3.05) is 19.6 Å². The van der Waals surface area contributed by atoms with Crippen LogP contribution in [0.2, 0.25) is 5.02 Å². The second-order valence-corrected chi connectivity index (χ2v) is 6.63. The maximum Gasteiger partial charge on any atom is 0.257 e. The molecule has 1 aromatic heterocycles. The molecular weight excluding hydrogens is 324 g/mol. The van der Waals surface area contributed by atoms with Crippen molar-refractivity contribution < 1.29 is 4.79 Å². The van der Waals surface area contributed by atoms with E-state index >= 15 is 0 Å². The highest BCUT2D eigenvalue weighted by Crippen LogP contribution is 2.19. The van der Waals surface area contributed by atoms with E-state index in [1.54, 1.807) is 4.68 Å². The molecule has 3 rings (SSSR count). The van der Waals surface area contributed by atoms with E-state index in [4.69, 9.17) is 11.6 Å². The lowest BCUT2D eigenvalue weighted by Crippen LogP contribution is -2.42. The zero-order chi connectivity index (χ0) is 17.1. The van der Waals surface area contributed by atoms with Crippen LogP contribution in [-0.4, -0.2) is 46.3 Å². The van der Waals surface area contributed by atoms with Crippen molar-refractivity contribution in [3.63, 3.8) is 0 Å². The van der Waals surface area contributed by atoms with E-state index in [0.717, 1.165) is 43.9 Å². The van der Waals surface area contributed by atoms with Crippen LogP contribution in [0.25, 0.3) is 5.69 Å². The molecule has 0 bridgehead atoms. The molecule has 24 heavy (non-hydrogen) atoms. The Kier molecular flexibility index (Phi) is 5.21. The predicted molar refractivity (Wildman–Crippen MR) is 95.9 cm³/mol. The number of aryl methyl sites for hydroxylation is 1. The lowest BCUT2D eigenvalue weighted by Gasteiger charge is -2.28. The molecule has 1 unspecified atom stereocenters. The maximum absolute atomic E-state index is 13.1. The Labute approximate surface area is 147 Å². The second kappa shape index (κ2) is 7.36. The Morgan fingerprint density at radius 3 is 2.79 bits per heavy atom. The van der Waals surface area contributed by atoms with Gasteiger partial charge in [0.05, 0.1) is 16.9 Å². The largest absolute Gasteiger partial charge is 0.334 e. The fourth-order valence-electron chi connectivity index (χ4n) is 3.15. The van der Waals surface area contributed by atoms with Gasteiger partial charge in [-0.3, -0.25) is 4.79 Å². The number of hydrogen-bond acceptors (Lipinski definition) is 3. The first-order chi connectivity index (χ1) is 11.6. The summed E-state index contributed by atoms with van der Waals surface area (Å²) in [4.78, 5) is 15.1. The first-order valence-electron chi connectivity index (χ1n) is 8.44. The summed E-state index contributed by atoms with van der Waals surface area (Å²) in [6, 6.07) is 7.71. The van der Waals surface area contributed by atoms with Gasteiger partial charge in [0.1, 0.15) is 0 Å². The van der Waals surface area contributed by atoms with Crippen molar-refractivity contribution in [2.45, 2.75) is 32.7 Å². The van der Waals surface area contributed by atoms with E-state index < -0.39 is 0 Å².